The van der Waals surface area contributed by atoms with Gasteiger partial charge in [0.15, 0.2) is 5.96 Å². The van der Waals surface area contributed by atoms with Crippen molar-refractivity contribution >= 4 is 5.96 Å². The second kappa shape index (κ2) is 9.87. The lowest BCUT2D eigenvalue weighted by Crippen LogP contribution is -2.41. The molecule has 0 aliphatic carbocycles. The largest absolute Gasteiger partial charge is 0.573 e. The summed E-state index contributed by atoms with van der Waals surface area (Å²) in [6.07, 6.45) is -2.02. The molecule has 0 bridgehead atoms. The first-order chi connectivity index (χ1) is 14.3. The summed E-state index contributed by atoms with van der Waals surface area (Å²) < 4.78 is 46.3. The van der Waals surface area contributed by atoms with Crippen LogP contribution in [-0.4, -0.2) is 68.3 Å². The molecule has 0 radical (unpaired) electrons. The second-order valence-corrected chi connectivity index (χ2v) is 8.11. The van der Waals surface area contributed by atoms with Crippen LogP contribution in [0.25, 0.3) is 0 Å². The van der Waals surface area contributed by atoms with E-state index >= 15 is 0 Å². The number of nitrogens with zero attached hydrogens (tertiary/aromatic N) is 2. The monoisotopic (exact) mass is 429 g/mol. The number of rotatable bonds is 7. The molecule has 2 unspecified atom stereocenters. The Morgan fingerprint density at radius 2 is 2.10 bits per heavy atom. The van der Waals surface area contributed by atoms with Crippen LogP contribution in [0.1, 0.15) is 25.3 Å². The van der Waals surface area contributed by atoms with Gasteiger partial charge in [-0.15, -0.1) is 13.2 Å². The lowest BCUT2D eigenvalue weighted by atomic mass is 9.87. The zero-order valence-corrected chi connectivity index (χ0v) is 17.2. The average molecular weight is 429 g/mol. The van der Waals surface area contributed by atoms with E-state index in [2.05, 4.69) is 15.0 Å². The Labute approximate surface area is 175 Å². The fraction of sp³-hybridized carbons (Fsp3) is 0.667. The molecule has 2 aliphatic heterocycles. The van der Waals surface area contributed by atoms with Gasteiger partial charge in [0.2, 0.25) is 0 Å². The minimum atomic E-state index is -4.70. The van der Waals surface area contributed by atoms with Crippen LogP contribution in [0.3, 0.4) is 0 Å². The quantitative estimate of drug-likeness (QED) is 0.516. The maximum atomic E-state index is 12.3. The summed E-state index contributed by atoms with van der Waals surface area (Å²) >= 11 is 0. The van der Waals surface area contributed by atoms with Gasteiger partial charge in [0, 0.05) is 50.7 Å². The zero-order valence-electron chi connectivity index (χ0n) is 17.2. The predicted octanol–water partition coefficient (Wildman–Crippen LogP) is 2.81. The fourth-order valence-electron chi connectivity index (χ4n) is 4.08. The normalized spacial score (nSPS) is 23.2. The van der Waals surface area contributed by atoms with E-state index in [4.69, 9.17) is 9.73 Å². The number of alkyl halides is 3. The Hall–Kier alpha value is -2.00. The highest BCUT2D eigenvalue weighted by atomic mass is 19.4. The van der Waals surface area contributed by atoms with E-state index in [0.29, 0.717) is 13.0 Å². The number of ether oxygens (including phenoxy) is 2. The molecule has 0 amide bonds. The van der Waals surface area contributed by atoms with Gasteiger partial charge in [0.1, 0.15) is 5.75 Å². The number of likely N-dealkylation sites (tertiary alicyclic amines) is 1. The molecule has 3 rings (SSSR count). The van der Waals surface area contributed by atoms with Crippen molar-refractivity contribution < 1.29 is 27.8 Å². The third kappa shape index (κ3) is 6.25. The molecule has 1 spiro atoms. The SMILES string of the molecule is CCNC(=NCC(CO)Cc1ccc(OC(F)(F)F)cc1)N1CCC2(CCOC2)C1. The van der Waals surface area contributed by atoms with Gasteiger partial charge < -0.3 is 24.8 Å². The molecule has 9 heteroatoms. The van der Waals surface area contributed by atoms with Crippen LogP contribution in [0.2, 0.25) is 0 Å². The van der Waals surface area contributed by atoms with Crippen molar-refractivity contribution in [2.24, 2.45) is 16.3 Å². The van der Waals surface area contributed by atoms with Crippen molar-refractivity contribution in [1.29, 1.82) is 0 Å². The number of hydrogen-bond acceptors (Lipinski definition) is 4. The molecule has 2 saturated heterocycles. The van der Waals surface area contributed by atoms with Gasteiger partial charge >= 0.3 is 6.36 Å². The Bertz CT molecular complexity index is 704. The molecule has 0 saturated carbocycles. The predicted molar refractivity (Wildman–Crippen MR) is 107 cm³/mol. The van der Waals surface area contributed by atoms with E-state index in [1.54, 1.807) is 12.1 Å². The van der Waals surface area contributed by atoms with Crippen molar-refractivity contribution in [2.45, 2.75) is 32.5 Å². The van der Waals surface area contributed by atoms with E-state index < -0.39 is 6.36 Å². The summed E-state index contributed by atoms with van der Waals surface area (Å²) in [7, 11) is 0. The van der Waals surface area contributed by atoms with Crippen LogP contribution in [0.15, 0.2) is 29.3 Å². The number of benzene rings is 1. The number of halogens is 3. The van der Waals surface area contributed by atoms with E-state index in [-0.39, 0.29) is 23.7 Å². The molecule has 30 heavy (non-hydrogen) atoms. The highest BCUT2D eigenvalue weighted by molar-refractivity contribution is 5.80. The lowest BCUT2D eigenvalue weighted by molar-refractivity contribution is -0.274. The number of aliphatic hydroxyl groups excluding tert-OH is 1. The van der Waals surface area contributed by atoms with E-state index in [9.17, 15) is 18.3 Å². The standard InChI is InChI=1S/C21H30F3N3O3/c1-2-25-19(27-9-7-20(14-27)8-10-29-15-20)26-12-17(13-28)11-16-3-5-18(6-4-16)30-21(22,23)24/h3-6,17,28H,2,7-15H2,1H3,(H,25,26). The molecule has 6 nitrogen and oxygen atoms in total. The Kier molecular flexibility index (Phi) is 7.46. The molecular formula is C21H30F3N3O3. The Morgan fingerprint density at radius 1 is 1.33 bits per heavy atom. The van der Waals surface area contributed by atoms with Crippen molar-refractivity contribution in [1.82, 2.24) is 10.2 Å². The maximum absolute atomic E-state index is 12.3. The zero-order chi connectivity index (χ0) is 21.6. The van der Waals surface area contributed by atoms with Gasteiger partial charge in [-0.25, -0.2) is 0 Å². The minimum Gasteiger partial charge on any atom is -0.406 e. The summed E-state index contributed by atoms with van der Waals surface area (Å²) in [4.78, 5) is 7.00. The van der Waals surface area contributed by atoms with E-state index in [0.717, 1.165) is 57.2 Å². The van der Waals surface area contributed by atoms with Crippen molar-refractivity contribution in [3.8, 4) is 5.75 Å². The van der Waals surface area contributed by atoms with Gasteiger partial charge in [-0.1, -0.05) is 12.1 Å². The molecule has 1 aromatic carbocycles. The van der Waals surface area contributed by atoms with Gasteiger partial charge in [0.05, 0.1) is 6.61 Å². The minimum absolute atomic E-state index is 0.0541. The second-order valence-electron chi connectivity index (χ2n) is 8.11. The van der Waals surface area contributed by atoms with Crippen LogP contribution >= 0.6 is 0 Å². The third-order valence-corrected chi connectivity index (χ3v) is 5.70. The lowest BCUT2D eigenvalue weighted by Gasteiger charge is -2.25. The highest BCUT2D eigenvalue weighted by Gasteiger charge is 2.42. The van der Waals surface area contributed by atoms with Crippen molar-refractivity contribution in [3.63, 3.8) is 0 Å². The molecule has 0 aromatic heterocycles. The first-order valence-electron chi connectivity index (χ1n) is 10.4. The van der Waals surface area contributed by atoms with Crippen LogP contribution in [0, 0.1) is 11.3 Å². The summed E-state index contributed by atoms with van der Waals surface area (Å²) in [5.41, 5.74) is 1.05. The van der Waals surface area contributed by atoms with Gasteiger partial charge in [-0.05, 0) is 43.9 Å². The van der Waals surface area contributed by atoms with Gasteiger partial charge in [-0.2, -0.15) is 0 Å². The van der Waals surface area contributed by atoms with E-state index in [1.807, 2.05) is 6.92 Å². The first kappa shape index (κ1) is 22.7. The summed E-state index contributed by atoms with van der Waals surface area (Å²) in [5.74, 6) is 0.464. The van der Waals surface area contributed by atoms with Crippen LogP contribution in [-0.2, 0) is 11.2 Å². The van der Waals surface area contributed by atoms with Crippen LogP contribution in [0.5, 0.6) is 5.75 Å². The van der Waals surface area contributed by atoms with Crippen molar-refractivity contribution in [3.05, 3.63) is 29.8 Å². The third-order valence-electron chi connectivity index (χ3n) is 5.70. The fourth-order valence-corrected chi connectivity index (χ4v) is 4.08. The van der Waals surface area contributed by atoms with E-state index in [1.165, 1.54) is 12.1 Å². The maximum Gasteiger partial charge on any atom is 0.573 e. The topological polar surface area (TPSA) is 66.3 Å². The molecule has 2 aliphatic rings. The molecule has 2 N–H and O–H groups in total. The Morgan fingerprint density at radius 3 is 2.70 bits per heavy atom. The van der Waals surface area contributed by atoms with Gasteiger partial charge in [-0.3, -0.25) is 4.99 Å². The van der Waals surface area contributed by atoms with Crippen molar-refractivity contribution in [2.75, 3.05) is 46.0 Å². The molecular weight excluding hydrogens is 399 g/mol. The highest BCUT2D eigenvalue weighted by Crippen LogP contribution is 2.38. The van der Waals surface area contributed by atoms with Crippen LogP contribution < -0.4 is 10.1 Å². The number of hydrogen-bond donors (Lipinski definition) is 2. The first-order valence-corrected chi connectivity index (χ1v) is 10.4. The molecule has 2 heterocycles. The number of nitrogens with one attached hydrogen (secondary N) is 1. The average Bonchev–Trinajstić information content (AvgIpc) is 3.34. The summed E-state index contributed by atoms with van der Waals surface area (Å²) in [5, 5.41) is 13.1. The summed E-state index contributed by atoms with van der Waals surface area (Å²) in [6.45, 7) is 6.62. The molecule has 1 aromatic rings. The number of aliphatic hydroxyl groups is 1. The smallest absolute Gasteiger partial charge is 0.406 e. The number of aliphatic imine (C=N–C) groups is 1. The van der Waals surface area contributed by atoms with Gasteiger partial charge in [0.25, 0.3) is 0 Å². The molecule has 168 valence electrons. The Balaban J connectivity index is 1.58. The summed E-state index contributed by atoms with van der Waals surface area (Å²) in [6, 6.07) is 5.75. The van der Waals surface area contributed by atoms with Crippen LogP contribution in [0.4, 0.5) is 13.2 Å². The molecule has 2 atom stereocenters. The number of guanidine groups is 1. The molecule has 2 fully saturated rings.